The quantitative estimate of drug-likeness (QED) is 0.478. The van der Waals surface area contributed by atoms with Gasteiger partial charge in [-0.2, -0.15) is 0 Å². The van der Waals surface area contributed by atoms with Gasteiger partial charge in [-0.3, -0.25) is 10.1 Å². The van der Waals surface area contributed by atoms with Gasteiger partial charge in [-0.25, -0.2) is 13.8 Å². The number of hydrogen-bond acceptors (Lipinski definition) is 3. The summed E-state index contributed by atoms with van der Waals surface area (Å²) >= 11 is 5.90. The Kier molecular flexibility index (Phi) is 4.09. The fourth-order valence-corrected chi connectivity index (χ4v) is 2.51. The second-order valence-corrected chi connectivity index (χ2v) is 3.87. The third-order valence-corrected chi connectivity index (χ3v) is 3.11. The number of nitrogens with zero attached hydrogens (tertiary/aromatic N) is 2. The van der Waals surface area contributed by atoms with E-state index in [1.807, 2.05) is 0 Å². The molecule has 0 aromatic carbocycles. The van der Waals surface area contributed by atoms with Crippen LogP contribution in [0.15, 0.2) is 10.7 Å². The fourth-order valence-electron chi connectivity index (χ4n) is 0.975. The van der Waals surface area contributed by atoms with Gasteiger partial charge in [0.1, 0.15) is 16.4 Å². The minimum absolute atomic E-state index is 0.0367. The fraction of sp³-hybridized carbons (Fsp3) is 0.286. The van der Waals surface area contributed by atoms with Crippen LogP contribution in [0.1, 0.15) is 17.7 Å². The van der Waals surface area contributed by atoms with Crippen molar-refractivity contribution in [3.63, 3.8) is 0 Å². The van der Waals surface area contributed by atoms with E-state index in [2.05, 4.69) is 36.8 Å². The van der Waals surface area contributed by atoms with Crippen molar-refractivity contribution in [1.82, 2.24) is 4.98 Å². The zero-order valence-corrected chi connectivity index (χ0v) is 10.3. The average molecular weight is 346 g/mol. The summed E-state index contributed by atoms with van der Waals surface area (Å²) in [5, 5.41) is 10.6. The van der Waals surface area contributed by atoms with Crippen LogP contribution in [0.2, 0.25) is 0 Å². The molecule has 8 heteroatoms. The molecule has 0 radical (unpaired) electrons. The number of hydrogen-bond donors (Lipinski definition) is 0. The Bertz CT molecular complexity index is 401. The molecule has 0 amide bonds. The van der Waals surface area contributed by atoms with Gasteiger partial charge in [0.25, 0.3) is 6.43 Å². The van der Waals surface area contributed by atoms with Gasteiger partial charge in [0, 0.05) is 10.9 Å². The van der Waals surface area contributed by atoms with Crippen molar-refractivity contribution in [1.29, 1.82) is 0 Å². The molecule has 0 bridgehead atoms. The predicted molar refractivity (Wildman–Crippen MR) is 56.2 cm³/mol. The van der Waals surface area contributed by atoms with E-state index in [0.29, 0.717) is 0 Å². The van der Waals surface area contributed by atoms with Gasteiger partial charge in [-0.05, 0) is 15.9 Å². The van der Waals surface area contributed by atoms with Crippen LogP contribution in [0.25, 0.3) is 0 Å². The van der Waals surface area contributed by atoms with Crippen LogP contribution in [0, 0.1) is 10.1 Å². The van der Waals surface area contributed by atoms with Crippen molar-refractivity contribution in [2.75, 3.05) is 0 Å². The second kappa shape index (κ2) is 4.93. The normalized spacial score (nSPS) is 10.7. The molecule has 0 aliphatic carbocycles. The van der Waals surface area contributed by atoms with Gasteiger partial charge in [0.2, 0.25) is 0 Å². The first-order valence-electron chi connectivity index (χ1n) is 3.64. The third-order valence-electron chi connectivity index (χ3n) is 1.66. The molecule has 0 N–H and O–H groups in total. The Hall–Kier alpha value is -0.630. The Morgan fingerprint density at radius 2 is 2.20 bits per heavy atom. The highest BCUT2D eigenvalue weighted by atomic mass is 79.9. The molecule has 0 fully saturated rings. The Morgan fingerprint density at radius 1 is 1.60 bits per heavy atom. The van der Waals surface area contributed by atoms with E-state index >= 15 is 0 Å². The third kappa shape index (κ3) is 2.49. The second-order valence-electron chi connectivity index (χ2n) is 2.51. The summed E-state index contributed by atoms with van der Waals surface area (Å²) < 4.78 is 24.9. The lowest BCUT2D eigenvalue weighted by molar-refractivity contribution is -0.386. The van der Waals surface area contributed by atoms with Crippen LogP contribution < -0.4 is 0 Å². The summed E-state index contributed by atoms with van der Waals surface area (Å²) in [7, 11) is 0. The lowest BCUT2D eigenvalue weighted by atomic mass is 10.2. The number of aromatic nitrogens is 1. The van der Waals surface area contributed by atoms with Crippen LogP contribution >= 0.6 is 31.9 Å². The van der Waals surface area contributed by atoms with Crippen LogP contribution in [-0.4, -0.2) is 9.91 Å². The highest BCUT2D eigenvalue weighted by Crippen LogP contribution is 2.34. The zero-order valence-electron chi connectivity index (χ0n) is 7.08. The summed E-state index contributed by atoms with van der Waals surface area (Å²) in [5.41, 5.74) is -0.683. The van der Waals surface area contributed by atoms with E-state index in [9.17, 15) is 18.9 Å². The number of halogens is 4. The molecule has 82 valence electrons. The van der Waals surface area contributed by atoms with Crippen molar-refractivity contribution >= 4 is 37.5 Å². The molecule has 0 saturated carbocycles. The predicted octanol–water partition coefficient (Wildman–Crippen LogP) is 3.58. The molecule has 1 aromatic heterocycles. The number of alkyl halides is 3. The smallest absolute Gasteiger partial charge is 0.258 e. The molecular formula is C7H4Br2F2N2O2. The van der Waals surface area contributed by atoms with Crippen LogP contribution in [0.5, 0.6) is 0 Å². The van der Waals surface area contributed by atoms with Crippen molar-refractivity contribution in [3.05, 3.63) is 32.0 Å². The maximum atomic E-state index is 12.5. The molecule has 0 spiro atoms. The summed E-state index contributed by atoms with van der Waals surface area (Å²) in [4.78, 5) is 13.2. The lowest BCUT2D eigenvalue weighted by Crippen LogP contribution is -2.01. The molecule has 0 saturated heterocycles. The van der Waals surface area contributed by atoms with Crippen LogP contribution in [0.3, 0.4) is 0 Å². The molecule has 4 nitrogen and oxygen atoms in total. The van der Waals surface area contributed by atoms with E-state index in [1.54, 1.807) is 0 Å². The van der Waals surface area contributed by atoms with E-state index in [-0.39, 0.29) is 21.1 Å². The summed E-state index contributed by atoms with van der Waals surface area (Å²) in [6.45, 7) is 0. The van der Waals surface area contributed by atoms with Gasteiger partial charge in [-0.1, -0.05) is 15.9 Å². The van der Waals surface area contributed by atoms with Crippen molar-refractivity contribution in [3.8, 4) is 0 Å². The highest BCUT2D eigenvalue weighted by Gasteiger charge is 2.23. The SMILES string of the molecule is O=[N+]([O-])c1cnc(C(F)F)c(CBr)c1Br. The monoisotopic (exact) mass is 344 g/mol. The average Bonchev–Trinajstić information content (AvgIpc) is 2.16. The van der Waals surface area contributed by atoms with Gasteiger partial charge in [0.05, 0.1) is 4.92 Å². The Labute approximate surface area is 100 Å². The summed E-state index contributed by atoms with van der Waals surface area (Å²) in [6, 6.07) is 0. The molecule has 1 heterocycles. The largest absolute Gasteiger partial charge is 0.301 e. The topological polar surface area (TPSA) is 56.0 Å². The Morgan fingerprint density at radius 3 is 2.60 bits per heavy atom. The summed E-state index contributed by atoms with van der Waals surface area (Å²) in [6.07, 6.45) is -1.94. The minimum atomic E-state index is -2.75. The molecule has 0 aliphatic heterocycles. The van der Waals surface area contributed by atoms with E-state index in [0.717, 1.165) is 6.20 Å². The first-order chi connectivity index (χ1) is 6.99. The molecule has 1 aromatic rings. The van der Waals surface area contributed by atoms with E-state index in [1.165, 1.54) is 0 Å². The number of rotatable bonds is 3. The zero-order chi connectivity index (χ0) is 11.6. The number of nitro groups is 1. The summed E-state index contributed by atoms with van der Waals surface area (Å²) in [5.74, 6) is 0. The van der Waals surface area contributed by atoms with Crippen molar-refractivity contribution in [2.24, 2.45) is 0 Å². The van der Waals surface area contributed by atoms with Gasteiger partial charge < -0.3 is 0 Å². The first kappa shape index (κ1) is 12.4. The number of pyridine rings is 1. The maximum Gasteiger partial charge on any atom is 0.301 e. The van der Waals surface area contributed by atoms with Gasteiger partial charge in [-0.15, -0.1) is 0 Å². The molecule has 0 unspecified atom stereocenters. The van der Waals surface area contributed by atoms with Gasteiger partial charge in [0.15, 0.2) is 0 Å². The van der Waals surface area contributed by atoms with E-state index in [4.69, 9.17) is 0 Å². The minimum Gasteiger partial charge on any atom is -0.258 e. The first-order valence-corrected chi connectivity index (χ1v) is 5.56. The molecule has 0 aliphatic rings. The Balaban J connectivity index is 3.39. The molecule has 0 atom stereocenters. The standard InChI is InChI=1S/C7H4Br2F2N2O2/c8-1-3-5(9)4(13(14)15)2-12-6(3)7(10)11/h2,7H,1H2. The lowest BCUT2D eigenvalue weighted by Gasteiger charge is -2.07. The van der Waals surface area contributed by atoms with Crippen molar-refractivity contribution in [2.45, 2.75) is 11.8 Å². The van der Waals surface area contributed by atoms with Crippen molar-refractivity contribution < 1.29 is 13.7 Å². The van der Waals surface area contributed by atoms with Gasteiger partial charge >= 0.3 is 5.69 Å². The maximum absolute atomic E-state index is 12.5. The van der Waals surface area contributed by atoms with Crippen LogP contribution in [0.4, 0.5) is 14.5 Å². The molecule has 15 heavy (non-hydrogen) atoms. The van der Waals surface area contributed by atoms with E-state index < -0.39 is 17.0 Å². The molecule has 1 rings (SSSR count). The molecular weight excluding hydrogens is 342 g/mol. The van der Waals surface area contributed by atoms with Crippen LogP contribution in [-0.2, 0) is 5.33 Å². The highest BCUT2D eigenvalue weighted by molar-refractivity contribution is 9.11.